The number of hydrogen-bond donors (Lipinski definition) is 0. The van der Waals surface area contributed by atoms with Crippen LogP contribution in [-0.2, 0) is 0 Å². The topological polar surface area (TPSA) is 61.3 Å². The number of carbonyl (C=O) groups is 1. The van der Waals surface area contributed by atoms with E-state index in [-0.39, 0.29) is 0 Å². The van der Waals surface area contributed by atoms with E-state index in [1.165, 1.54) is 0 Å². The highest BCUT2D eigenvalue weighted by atomic mass is 16.5. The molecule has 0 bridgehead atoms. The van der Waals surface area contributed by atoms with Gasteiger partial charge in [-0.2, -0.15) is 0 Å². The zero-order valence-electron chi connectivity index (χ0n) is 16.7. The van der Waals surface area contributed by atoms with Crippen LogP contribution in [0.4, 0.5) is 0 Å². The molecule has 0 saturated carbocycles. The number of aromatic nitrogens is 2. The molecule has 4 aromatic rings. The minimum atomic E-state index is -0.409. The van der Waals surface area contributed by atoms with Crippen LogP contribution in [0.2, 0.25) is 0 Å². The monoisotopic (exact) mass is 398 g/mol. The van der Waals surface area contributed by atoms with Crippen molar-refractivity contribution < 1.29 is 14.3 Å². The maximum absolute atomic E-state index is 12.4. The zero-order chi connectivity index (χ0) is 20.8. The van der Waals surface area contributed by atoms with Crippen LogP contribution in [0.1, 0.15) is 30.1 Å². The normalized spacial score (nSPS) is 10.7. The fourth-order valence-electron chi connectivity index (χ4n) is 2.98. The summed E-state index contributed by atoms with van der Waals surface area (Å²) < 4.78 is 11.1. The summed E-state index contributed by atoms with van der Waals surface area (Å²) >= 11 is 0. The first-order chi connectivity index (χ1) is 14.7. The van der Waals surface area contributed by atoms with Gasteiger partial charge in [-0.1, -0.05) is 25.5 Å². The number of para-hydroxylation sites is 2. The largest absolute Gasteiger partial charge is 0.494 e. The fourth-order valence-corrected chi connectivity index (χ4v) is 2.98. The minimum absolute atomic E-state index is 0.409. The van der Waals surface area contributed by atoms with Gasteiger partial charge in [0.15, 0.2) is 0 Å². The summed E-state index contributed by atoms with van der Waals surface area (Å²) in [4.78, 5) is 21.5. The Morgan fingerprint density at radius 3 is 2.30 bits per heavy atom. The molecule has 0 unspecified atom stereocenters. The second-order valence-electron chi connectivity index (χ2n) is 6.88. The lowest BCUT2D eigenvalue weighted by Gasteiger charge is -2.08. The second-order valence-corrected chi connectivity index (χ2v) is 6.88. The van der Waals surface area contributed by atoms with Gasteiger partial charge in [0.25, 0.3) is 0 Å². The van der Waals surface area contributed by atoms with Crippen LogP contribution in [0.3, 0.4) is 0 Å². The van der Waals surface area contributed by atoms with Crippen molar-refractivity contribution in [1.82, 2.24) is 9.97 Å². The number of benzene rings is 3. The van der Waals surface area contributed by atoms with Gasteiger partial charge < -0.3 is 9.47 Å². The SMILES string of the molecule is CCCCOc1ccc(C(=O)Oc2ccc(-c3cnc4ccccc4n3)cc2)cc1. The van der Waals surface area contributed by atoms with Crippen LogP contribution < -0.4 is 9.47 Å². The molecule has 0 N–H and O–H groups in total. The van der Waals surface area contributed by atoms with Gasteiger partial charge in [-0.15, -0.1) is 0 Å². The summed E-state index contributed by atoms with van der Waals surface area (Å²) in [5.74, 6) is 0.815. The van der Waals surface area contributed by atoms with E-state index in [1.807, 2.05) is 36.4 Å². The molecule has 0 aliphatic carbocycles. The average molecular weight is 398 g/mol. The molecule has 5 nitrogen and oxygen atoms in total. The predicted octanol–water partition coefficient (Wildman–Crippen LogP) is 5.69. The van der Waals surface area contributed by atoms with Gasteiger partial charge in [0, 0.05) is 5.56 Å². The highest BCUT2D eigenvalue weighted by Gasteiger charge is 2.10. The molecule has 1 aromatic heterocycles. The summed E-state index contributed by atoms with van der Waals surface area (Å²) in [5, 5.41) is 0. The lowest BCUT2D eigenvalue weighted by atomic mass is 10.1. The highest BCUT2D eigenvalue weighted by molar-refractivity contribution is 5.91. The zero-order valence-corrected chi connectivity index (χ0v) is 16.7. The Bertz CT molecular complexity index is 1140. The first-order valence-corrected chi connectivity index (χ1v) is 10.0. The summed E-state index contributed by atoms with van der Waals surface area (Å²) in [7, 11) is 0. The third-order valence-electron chi connectivity index (χ3n) is 4.67. The molecule has 0 aliphatic rings. The van der Waals surface area contributed by atoms with Crippen molar-refractivity contribution in [1.29, 1.82) is 0 Å². The van der Waals surface area contributed by atoms with Crippen LogP contribution in [-0.4, -0.2) is 22.5 Å². The van der Waals surface area contributed by atoms with E-state index >= 15 is 0 Å². The molecule has 0 radical (unpaired) electrons. The molecule has 0 atom stereocenters. The van der Waals surface area contributed by atoms with Gasteiger partial charge in [0.05, 0.1) is 35.1 Å². The number of rotatable bonds is 7. The van der Waals surface area contributed by atoms with Crippen LogP contribution in [0.15, 0.2) is 79.0 Å². The van der Waals surface area contributed by atoms with E-state index in [0.29, 0.717) is 17.9 Å². The van der Waals surface area contributed by atoms with Crippen molar-refractivity contribution in [3.63, 3.8) is 0 Å². The van der Waals surface area contributed by atoms with E-state index in [9.17, 15) is 4.79 Å². The number of unbranched alkanes of at least 4 members (excludes halogenated alkanes) is 1. The summed E-state index contributed by atoms with van der Waals surface area (Å²) in [6.07, 6.45) is 3.83. The summed E-state index contributed by atoms with van der Waals surface area (Å²) in [5.41, 5.74) is 3.84. The first kappa shape index (κ1) is 19.6. The summed E-state index contributed by atoms with van der Waals surface area (Å²) in [6.45, 7) is 2.79. The second kappa shape index (κ2) is 9.18. The molecule has 5 heteroatoms. The maximum Gasteiger partial charge on any atom is 0.343 e. The van der Waals surface area contributed by atoms with E-state index in [1.54, 1.807) is 42.6 Å². The first-order valence-electron chi connectivity index (χ1n) is 10.0. The molecule has 150 valence electrons. The van der Waals surface area contributed by atoms with Gasteiger partial charge in [-0.25, -0.2) is 9.78 Å². The van der Waals surface area contributed by atoms with Crippen molar-refractivity contribution in [3.8, 4) is 22.8 Å². The van der Waals surface area contributed by atoms with Crippen LogP contribution in [0, 0.1) is 0 Å². The van der Waals surface area contributed by atoms with Crippen molar-refractivity contribution in [3.05, 3.63) is 84.6 Å². The Morgan fingerprint density at radius 2 is 1.57 bits per heavy atom. The molecule has 1 heterocycles. The molecular weight excluding hydrogens is 376 g/mol. The van der Waals surface area contributed by atoms with Crippen LogP contribution >= 0.6 is 0 Å². The lowest BCUT2D eigenvalue weighted by molar-refractivity contribution is 0.0734. The number of ether oxygens (including phenoxy) is 2. The van der Waals surface area contributed by atoms with E-state index in [2.05, 4.69) is 16.9 Å². The van der Waals surface area contributed by atoms with Gasteiger partial charge in [-0.05, 0) is 67.1 Å². The number of nitrogens with zero attached hydrogens (tertiary/aromatic N) is 2. The minimum Gasteiger partial charge on any atom is -0.494 e. The fraction of sp³-hybridized carbons (Fsp3) is 0.160. The molecule has 30 heavy (non-hydrogen) atoms. The number of fused-ring (bicyclic) bond motifs is 1. The van der Waals surface area contributed by atoms with Crippen molar-refractivity contribution in [2.45, 2.75) is 19.8 Å². The molecule has 0 amide bonds. The van der Waals surface area contributed by atoms with E-state index in [4.69, 9.17) is 9.47 Å². The lowest BCUT2D eigenvalue weighted by Crippen LogP contribution is -2.08. The molecule has 3 aromatic carbocycles. The maximum atomic E-state index is 12.4. The van der Waals surface area contributed by atoms with Crippen LogP contribution in [0.25, 0.3) is 22.3 Å². The Kier molecular flexibility index (Phi) is 5.99. The van der Waals surface area contributed by atoms with Crippen molar-refractivity contribution in [2.24, 2.45) is 0 Å². The molecule has 0 spiro atoms. The van der Waals surface area contributed by atoms with Crippen molar-refractivity contribution >= 4 is 17.0 Å². The predicted molar refractivity (Wildman–Crippen MR) is 117 cm³/mol. The third-order valence-corrected chi connectivity index (χ3v) is 4.67. The standard InChI is InChI=1S/C25H22N2O3/c1-2-3-16-29-20-12-10-19(11-13-20)25(28)30-21-14-8-18(9-15-21)24-17-26-22-6-4-5-7-23(22)27-24/h4-15,17H,2-3,16H2,1H3. The number of hydrogen-bond acceptors (Lipinski definition) is 5. The third kappa shape index (κ3) is 4.63. The Balaban J connectivity index is 1.42. The Morgan fingerprint density at radius 1 is 0.867 bits per heavy atom. The molecular formula is C25H22N2O3. The van der Waals surface area contributed by atoms with Gasteiger partial charge in [0.2, 0.25) is 0 Å². The summed E-state index contributed by atoms with van der Waals surface area (Å²) in [6, 6.07) is 22.0. The van der Waals surface area contributed by atoms with Crippen LogP contribution in [0.5, 0.6) is 11.5 Å². The molecule has 0 fully saturated rings. The van der Waals surface area contributed by atoms with Crippen molar-refractivity contribution in [2.75, 3.05) is 6.61 Å². The molecule has 4 rings (SSSR count). The van der Waals surface area contributed by atoms with E-state index < -0.39 is 5.97 Å². The van der Waals surface area contributed by atoms with E-state index in [0.717, 1.165) is 40.9 Å². The average Bonchev–Trinajstić information content (AvgIpc) is 2.80. The highest BCUT2D eigenvalue weighted by Crippen LogP contribution is 2.23. The Hall–Kier alpha value is -3.73. The molecule has 0 aliphatic heterocycles. The number of esters is 1. The Labute approximate surface area is 175 Å². The van der Waals surface area contributed by atoms with Gasteiger partial charge in [0.1, 0.15) is 11.5 Å². The molecule has 0 saturated heterocycles. The van der Waals surface area contributed by atoms with Gasteiger partial charge in [-0.3, -0.25) is 4.98 Å². The van der Waals surface area contributed by atoms with Gasteiger partial charge >= 0.3 is 5.97 Å². The smallest absolute Gasteiger partial charge is 0.343 e. The number of carbonyl (C=O) groups excluding carboxylic acids is 1. The quantitative estimate of drug-likeness (QED) is 0.227.